The minimum absolute atomic E-state index is 0.198. The van der Waals surface area contributed by atoms with Crippen LogP contribution in [-0.2, 0) is 10.0 Å². The fourth-order valence-electron chi connectivity index (χ4n) is 1.30. The standard InChI is InChI=1S/C11H14N2O2S/c1-4-9(3)13-16(14,15)11-6-5-10(12)7-8(11)2/h1,5-7,9,13H,12H2,2-3H3. The van der Waals surface area contributed by atoms with Crippen LogP contribution in [0.1, 0.15) is 12.5 Å². The smallest absolute Gasteiger partial charge is 0.241 e. The van der Waals surface area contributed by atoms with Gasteiger partial charge < -0.3 is 5.73 Å². The van der Waals surface area contributed by atoms with Gasteiger partial charge in [-0.1, -0.05) is 5.92 Å². The Hall–Kier alpha value is -1.51. The third-order valence-corrected chi connectivity index (χ3v) is 3.77. The molecule has 0 fully saturated rings. The van der Waals surface area contributed by atoms with Gasteiger partial charge in [0.1, 0.15) is 0 Å². The molecule has 0 radical (unpaired) electrons. The highest BCUT2D eigenvalue weighted by atomic mass is 32.2. The summed E-state index contributed by atoms with van der Waals surface area (Å²) in [6, 6.07) is 4.08. The summed E-state index contributed by atoms with van der Waals surface area (Å²) in [5, 5.41) is 0. The van der Waals surface area contributed by atoms with Gasteiger partial charge in [0.15, 0.2) is 0 Å². The molecule has 0 aliphatic rings. The number of rotatable bonds is 3. The lowest BCUT2D eigenvalue weighted by Crippen LogP contribution is -2.31. The van der Waals surface area contributed by atoms with Gasteiger partial charge in [0, 0.05) is 5.69 Å². The monoisotopic (exact) mass is 238 g/mol. The highest BCUT2D eigenvalue weighted by molar-refractivity contribution is 7.89. The molecule has 1 atom stereocenters. The van der Waals surface area contributed by atoms with E-state index < -0.39 is 16.1 Å². The van der Waals surface area contributed by atoms with Crippen molar-refractivity contribution < 1.29 is 8.42 Å². The molecule has 0 aliphatic carbocycles. The predicted molar refractivity (Wildman–Crippen MR) is 64.2 cm³/mol. The van der Waals surface area contributed by atoms with Crippen LogP contribution in [0.3, 0.4) is 0 Å². The summed E-state index contributed by atoms with van der Waals surface area (Å²) in [7, 11) is -3.57. The molecule has 4 nitrogen and oxygen atoms in total. The SMILES string of the molecule is C#CC(C)NS(=O)(=O)c1ccc(N)cc1C. The van der Waals surface area contributed by atoms with Crippen LogP contribution in [0.25, 0.3) is 0 Å². The van der Waals surface area contributed by atoms with Crippen LogP contribution in [0, 0.1) is 19.3 Å². The predicted octanol–water partition coefficient (Wildman–Crippen LogP) is 0.877. The molecule has 1 rings (SSSR count). The van der Waals surface area contributed by atoms with E-state index in [1.807, 2.05) is 0 Å². The molecule has 1 unspecified atom stereocenters. The van der Waals surface area contributed by atoms with E-state index in [0.717, 1.165) is 0 Å². The minimum Gasteiger partial charge on any atom is -0.399 e. The van der Waals surface area contributed by atoms with Crippen molar-refractivity contribution in [2.24, 2.45) is 0 Å². The van der Waals surface area contributed by atoms with Crippen molar-refractivity contribution in [2.45, 2.75) is 24.8 Å². The Kier molecular flexibility index (Phi) is 3.58. The summed E-state index contributed by atoms with van der Waals surface area (Å²) in [6.45, 7) is 3.29. The molecule has 0 amide bonds. The van der Waals surface area contributed by atoms with Gasteiger partial charge in [0.2, 0.25) is 10.0 Å². The van der Waals surface area contributed by atoms with Gasteiger partial charge in [0.25, 0.3) is 0 Å². The zero-order valence-corrected chi connectivity index (χ0v) is 10.0. The van der Waals surface area contributed by atoms with E-state index in [1.165, 1.54) is 6.07 Å². The van der Waals surface area contributed by atoms with Gasteiger partial charge >= 0.3 is 0 Å². The van der Waals surface area contributed by atoms with Gasteiger partial charge in [-0.2, -0.15) is 4.72 Å². The van der Waals surface area contributed by atoms with Crippen molar-refractivity contribution in [3.63, 3.8) is 0 Å². The van der Waals surface area contributed by atoms with Crippen molar-refractivity contribution >= 4 is 15.7 Å². The van der Waals surface area contributed by atoms with E-state index in [4.69, 9.17) is 12.2 Å². The molecule has 0 aliphatic heterocycles. The fourth-order valence-corrected chi connectivity index (χ4v) is 2.69. The lowest BCUT2D eigenvalue weighted by atomic mass is 10.2. The highest BCUT2D eigenvalue weighted by Crippen LogP contribution is 2.17. The first-order chi connectivity index (χ1) is 7.36. The van der Waals surface area contributed by atoms with Crippen LogP contribution in [0.15, 0.2) is 23.1 Å². The van der Waals surface area contributed by atoms with Gasteiger partial charge in [-0.15, -0.1) is 6.42 Å². The number of nitrogen functional groups attached to an aromatic ring is 1. The lowest BCUT2D eigenvalue weighted by molar-refractivity contribution is 0.577. The third kappa shape index (κ3) is 2.75. The minimum atomic E-state index is -3.57. The quantitative estimate of drug-likeness (QED) is 0.606. The second kappa shape index (κ2) is 4.56. The fraction of sp³-hybridized carbons (Fsp3) is 0.273. The molecule has 16 heavy (non-hydrogen) atoms. The van der Waals surface area contributed by atoms with E-state index in [9.17, 15) is 8.42 Å². The van der Waals surface area contributed by atoms with Crippen LogP contribution in [0.5, 0.6) is 0 Å². The van der Waals surface area contributed by atoms with Gasteiger partial charge in [0.05, 0.1) is 10.9 Å². The van der Waals surface area contributed by atoms with Crippen molar-refractivity contribution in [2.75, 3.05) is 5.73 Å². The number of sulfonamides is 1. The molecular weight excluding hydrogens is 224 g/mol. The van der Waals surface area contributed by atoms with Crippen molar-refractivity contribution in [3.05, 3.63) is 23.8 Å². The number of hydrogen-bond acceptors (Lipinski definition) is 3. The highest BCUT2D eigenvalue weighted by Gasteiger charge is 2.18. The molecule has 0 saturated heterocycles. The van der Waals surface area contributed by atoms with Gasteiger partial charge in [-0.3, -0.25) is 0 Å². The van der Waals surface area contributed by atoms with E-state index in [1.54, 1.807) is 26.0 Å². The normalized spacial score (nSPS) is 13.1. The molecule has 0 spiro atoms. The second-order valence-electron chi connectivity index (χ2n) is 3.53. The lowest BCUT2D eigenvalue weighted by Gasteiger charge is -2.11. The Bertz CT molecular complexity index is 529. The number of terminal acetylenes is 1. The average molecular weight is 238 g/mol. The van der Waals surface area contributed by atoms with E-state index >= 15 is 0 Å². The Labute approximate surface area is 95.9 Å². The van der Waals surface area contributed by atoms with Crippen molar-refractivity contribution in [1.82, 2.24) is 4.72 Å². The van der Waals surface area contributed by atoms with Crippen LogP contribution < -0.4 is 10.5 Å². The van der Waals surface area contributed by atoms with Crippen LogP contribution in [0.2, 0.25) is 0 Å². The summed E-state index contributed by atoms with van der Waals surface area (Å²) in [5.74, 6) is 2.31. The topological polar surface area (TPSA) is 72.2 Å². The first-order valence-electron chi connectivity index (χ1n) is 4.71. The van der Waals surface area contributed by atoms with Gasteiger partial charge in [-0.25, -0.2) is 8.42 Å². The van der Waals surface area contributed by atoms with E-state index in [-0.39, 0.29) is 4.90 Å². The van der Waals surface area contributed by atoms with Crippen LogP contribution in [-0.4, -0.2) is 14.5 Å². The van der Waals surface area contributed by atoms with E-state index in [2.05, 4.69) is 10.6 Å². The summed E-state index contributed by atoms with van der Waals surface area (Å²) in [4.78, 5) is 0.198. The summed E-state index contributed by atoms with van der Waals surface area (Å²) < 4.78 is 26.2. The number of benzene rings is 1. The molecule has 1 aromatic carbocycles. The van der Waals surface area contributed by atoms with Gasteiger partial charge in [-0.05, 0) is 37.6 Å². The Morgan fingerprint density at radius 1 is 1.50 bits per heavy atom. The maximum atomic E-state index is 11.9. The number of hydrogen-bond donors (Lipinski definition) is 2. The zero-order chi connectivity index (χ0) is 12.3. The maximum absolute atomic E-state index is 11.9. The maximum Gasteiger partial charge on any atom is 0.241 e. The third-order valence-electron chi connectivity index (χ3n) is 2.07. The average Bonchev–Trinajstić information content (AvgIpc) is 2.16. The number of nitrogens with two attached hydrogens (primary N) is 1. The van der Waals surface area contributed by atoms with Crippen LogP contribution >= 0.6 is 0 Å². The van der Waals surface area contributed by atoms with Crippen LogP contribution in [0.4, 0.5) is 5.69 Å². The first kappa shape index (κ1) is 12.6. The second-order valence-corrected chi connectivity index (χ2v) is 5.22. The first-order valence-corrected chi connectivity index (χ1v) is 6.19. The molecule has 1 aromatic rings. The van der Waals surface area contributed by atoms with E-state index in [0.29, 0.717) is 11.3 Å². The number of nitrogens with one attached hydrogen (secondary N) is 1. The molecule has 3 N–H and O–H groups in total. The van der Waals surface area contributed by atoms with Crippen molar-refractivity contribution in [1.29, 1.82) is 0 Å². The summed E-state index contributed by atoms with van der Waals surface area (Å²) in [5.41, 5.74) is 6.67. The molecule has 86 valence electrons. The Morgan fingerprint density at radius 3 is 2.62 bits per heavy atom. The summed E-state index contributed by atoms with van der Waals surface area (Å²) >= 11 is 0. The van der Waals surface area contributed by atoms with Crippen molar-refractivity contribution in [3.8, 4) is 12.3 Å². The number of anilines is 1. The largest absolute Gasteiger partial charge is 0.399 e. The molecular formula is C11H14N2O2S. The number of aryl methyl sites for hydroxylation is 1. The Morgan fingerprint density at radius 2 is 2.12 bits per heavy atom. The molecule has 0 bridgehead atoms. The molecule has 0 saturated carbocycles. The summed E-state index contributed by atoms with van der Waals surface area (Å²) in [6.07, 6.45) is 5.12. The molecule has 0 heterocycles. The molecule has 5 heteroatoms. The Balaban J connectivity index is 3.14. The zero-order valence-electron chi connectivity index (χ0n) is 9.19. The molecule has 0 aromatic heterocycles.